The molecular formula is C12H13ClFNO3S. The first kappa shape index (κ1) is 14.3. The zero-order valence-electron chi connectivity index (χ0n) is 10.3. The van der Waals surface area contributed by atoms with Crippen LogP contribution < -0.4 is 0 Å². The molecule has 1 saturated heterocycles. The molecule has 1 aliphatic heterocycles. The highest BCUT2D eigenvalue weighted by atomic mass is 35.7. The minimum Gasteiger partial charge on any atom is -0.339 e. The fraction of sp³-hybridized carbons (Fsp3) is 0.417. The Morgan fingerprint density at radius 2 is 1.89 bits per heavy atom. The summed E-state index contributed by atoms with van der Waals surface area (Å²) in [5.74, 6) is -1.18. The first-order valence-corrected chi connectivity index (χ1v) is 8.15. The number of hydrogen-bond acceptors (Lipinski definition) is 3. The summed E-state index contributed by atoms with van der Waals surface area (Å²) in [6, 6.07) is 2.13. The van der Waals surface area contributed by atoms with Crippen LogP contribution in [0.15, 0.2) is 17.0 Å². The van der Waals surface area contributed by atoms with Crippen LogP contribution in [-0.4, -0.2) is 32.3 Å². The number of carbonyl (C=O) groups excluding carboxylic acids is 1. The zero-order chi connectivity index (χ0) is 14.2. The molecule has 4 nitrogen and oxygen atoms in total. The molecule has 2 rings (SSSR count). The number of amides is 1. The van der Waals surface area contributed by atoms with Crippen molar-refractivity contribution < 1.29 is 17.6 Å². The van der Waals surface area contributed by atoms with Gasteiger partial charge in [-0.15, -0.1) is 0 Å². The molecule has 1 fully saturated rings. The normalized spacial score (nSPS) is 15.8. The molecule has 1 amide bonds. The molecule has 0 aliphatic carbocycles. The Bertz CT molecular complexity index is 624. The molecule has 0 bridgehead atoms. The molecule has 1 heterocycles. The topological polar surface area (TPSA) is 54.5 Å². The Morgan fingerprint density at radius 1 is 1.32 bits per heavy atom. The van der Waals surface area contributed by atoms with Crippen LogP contribution >= 0.6 is 10.7 Å². The van der Waals surface area contributed by atoms with Crippen molar-refractivity contribution in [1.29, 1.82) is 0 Å². The highest BCUT2D eigenvalue weighted by molar-refractivity contribution is 8.13. The maximum absolute atomic E-state index is 14.0. The van der Waals surface area contributed by atoms with Gasteiger partial charge in [0.15, 0.2) is 0 Å². The summed E-state index contributed by atoms with van der Waals surface area (Å²) in [5.41, 5.74) is -0.148. The van der Waals surface area contributed by atoms with E-state index in [2.05, 4.69) is 0 Å². The Balaban J connectivity index is 2.50. The van der Waals surface area contributed by atoms with Gasteiger partial charge in [0.2, 0.25) is 0 Å². The summed E-state index contributed by atoms with van der Waals surface area (Å²) in [7, 11) is 1.26. The van der Waals surface area contributed by atoms with Crippen LogP contribution in [-0.2, 0) is 9.05 Å². The van der Waals surface area contributed by atoms with Crippen molar-refractivity contribution in [3.8, 4) is 0 Å². The minimum absolute atomic E-state index is 0.0873. The van der Waals surface area contributed by atoms with E-state index in [1.54, 1.807) is 0 Å². The van der Waals surface area contributed by atoms with Crippen molar-refractivity contribution in [3.63, 3.8) is 0 Å². The van der Waals surface area contributed by atoms with E-state index >= 15 is 0 Å². The number of likely N-dealkylation sites (tertiary alicyclic amines) is 1. The van der Waals surface area contributed by atoms with Crippen LogP contribution in [0.4, 0.5) is 4.39 Å². The average molecular weight is 306 g/mol. The monoisotopic (exact) mass is 305 g/mol. The number of carbonyl (C=O) groups is 1. The van der Waals surface area contributed by atoms with Gasteiger partial charge in [-0.2, -0.15) is 0 Å². The molecule has 19 heavy (non-hydrogen) atoms. The minimum atomic E-state index is -3.99. The van der Waals surface area contributed by atoms with E-state index in [-0.39, 0.29) is 16.0 Å². The van der Waals surface area contributed by atoms with Gasteiger partial charge in [0, 0.05) is 23.8 Å². The number of halogens is 2. The Kier molecular flexibility index (Phi) is 3.82. The average Bonchev–Trinajstić information content (AvgIpc) is 2.83. The Morgan fingerprint density at radius 3 is 2.42 bits per heavy atom. The predicted molar refractivity (Wildman–Crippen MR) is 69.3 cm³/mol. The van der Waals surface area contributed by atoms with Gasteiger partial charge >= 0.3 is 0 Å². The molecule has 0 saturated carbocycles. The lowest BCUT2D eigenvalue weighted by molar-refractivity contribution is 0.0787. The molecule has 0 aromatic heterocycles. The number of nitrogens with zero attached hydrogens (tertiary/aromatic N) is 1. The number of benzene rings is 1. The second kappa shape index (κ2) is 5.09. The van der Waals surface area contributed by atoms with Crippen LogP contribution in [0.3, 0.4) is 0 Å². The molecule has 104 valence electrons. The highest BCUT2D eigenvalue weighted by Crippen LogP contribution is 2.24. The number of rotatable bonds is 2. The van der Waals surface area contributed by atoms with Gasteiger partial charge in [-0.05, 0) is 37.5 Å². The first-order chi connectivity index (χ1) is 8.80. The summed E-state index contributed by atoms with van der Waals surface area (Å²) < 4.78 is 36.6. The van der Waals surface area contributed by atoms with Gasteiger partial charge in [0.1, 0.15) is 5.82 Å². The van der Waals surface area contributed by atoms with E-state index in [4.69, 9.17) is 10.7 Å². The summed E-state index contributed by atoms with van der Waals surface area (Å²) >= 11 is 0. The second-order valence-electron chi connectivity index (χ2n) is 4.54. The van der Waals surface area contributed by atoms with Crippen LogP contribution in [0, 0.1) is 12.7 Å². The lowest BCUT2D eigenvalue weighted by Crippen LogP contribution is -2.28. The lowest BCUT2D eigenvalue weighted by Gasteiger charge is -2.16. The molecule has 0 atom stereocenters. The quantitative estimate of drug-likeness (QED) is 0.788. The van der Waals surface area contributed by atoms with Gasteiger partial charge in [-0.1, -0.05) is 0 Å². The van der Waals surface area contributed by atoms with Gasteiger partial charge in [0.05, 0.1) is 10.5 Å². The lowest BCUT2D eigenvalue weighted by atomic mass is 10.1. The molecule has 1 aromatic carbocycles. The molecule has 0 radical (unpaired) electrons. The Hall–Kier alpha value is -1.14. The van der Waals surface area contributed by atoms with Crippen LogP contribution in [0.25, 0.3) is 0 Å². The van der Waals surface area contributed by atoms with E-state index in [1.807, 2.05) is 0 Å². The van der Waals surface area contributed by atoms with Gasteiger partial charge in [-0.3, -0.25) is 4.79 Å². The molecule has 0 unspecified atom stereocenters. The van der Waals surface area contributed by atoms with Crippen molar-refractivity contribution >= 4 is 25.6 Å². The smallest absolute Gasteiger partial charge is 0.261 e. The third-order valence-electron chi connectivity index (χ3n) is 3.13. The summed E-state index contributed by atoms with van der Waals surface area (Å²) in [5, 5.41) is 0. The number of hydrogen-bond donors (Lipinski definition) is 0. The third-order valence-corrected chi connectivity index (χ3v) is 4.47. The maximum atomic E-state index is 14.0. The summed E-state index contributed by atoms with van der Waals surface area (Å²) in [4.78, 5) is 13.4. The number of aryl methyl sites for hydroxylation is 1. The highest BCUT2D eigenvalue weighted by Gasteiger charge is 2.25. The molecule has 1 aliphatic rings. The van der Waals surface area contributed by atoms with Crippen molar-refractivity contribution in [2.45, 2.75) is 24.7 Å². The summed E-state index contributed by atoms with van der Waals surface area (Å²) in [6.07, 6.45) is 1.75. The van der Waals surface area contributed by atoms with Crippen molar-refractivity contribution in [2.75, 3.05) is 13.1 Å². The zero-order valence-corrected chi connectivity index (χ0v) is 11.9. The molecule has 0 N–H and O–H groups in total. The predicted octanol–water partition coefficient (Wildman–Crippen LogP) is 2.30. The van der Waals surface area contributed by atoms with Crippen LogP contribution in [0.1, 0.15) is 28.8 Å². The molecule has 0 spiro atoms. The first-order valence-electron chi connectivity index (χ1n) is 5.85. The SMILES string of the molecule is Cc1cc(S(=O)(=O)Cl)cc(C(=O)N2CCCC2)c1F. The van der Waals surface area contributed by atoms with E-state index in [1.165, 1.54) is 11.8 Å². The van der Waals surface area contributed by atoms with Gasteiger partial charge in [0.25, 0.3) is 15.0 Å². The van der Waals surface area contributed by atoms with Crippen LogP contribution in [0.2, 0.25) is 0 Å². The largest absolute Gasteiger partial charge is 0.339 e. The Labute approximate surface area is 115 Å². The fourth-order valence-corrected chi connectivity index (χ4v) is 2.97. The van der Waals surface area contributed by atoms with Gasteiger partial charge in [-0.25, -0.2) is 12.8 Å². The second-order valence-corrected chi connectivity index (χ2v) is 7.10. The third kappa shape index (κ3) is 2.90. The fourth-order valence-electron chi connectivity index (χ4n) is 2.12. The van der Waals surface area contributed by atoms with E-state index in [0.29, 0.717) is 13.1 Å². The molecular weight excluding hydrogens is 293 g/mol. The van der Waals surface area contributed by atoms with Gasteiger partial charge < -0.3 is 4.90 Å². The van der Waals surface area contributed by atoms with Crippen molar-refractivity contribution in [1.82, 2.24) is 4.90 Å². The standard InChI is InChI=1S/C12H13ClFNO3S/c1-8-6-9(19(13,17)18)7-10(11(8)14)12(16)15-4-2-3-5-15/h6-7H,2-5H2,1H3. The molecule has 1 aromatic rings. The molecule has 7 heteroatoms. The maximum Gasteiger partial charge on any atom is 0.261 e. The van der Waals surface area contributed by atoms with Crippen molar-refractivity contribution in [3.05, 3.63) is 29.1 Å². The van der Waals surface area contributed by atoms with E-state index < -0.39 is 20.8 Å². The van der Waals surface area contributed by atoms with Crippen LogP contribution in [0.5, 0.6) is 0 Å². The van der Waals surface area contributed by atoms with E-state index in [0.717, 1.165) is 25.0 Å². The van der Waals surface area contributed by atoms with E-state index in [9.17, 15) is 17.6 Å². The van der Waals surface area contributed by atoms with Crippen molar-refractivity contribution in [2.24, 2.45) is 0 Å². The summed E-state index contributed by atoms with van der Waals surface area (Å²) in [6.45, 7) is 2.53.